The Morgan fingerprint density at radius 1 is 1.04 bits per heavy atom. The number of carbonyl (C=O) groups is 1. The van der Waals surface area contributed by atoms with Gasteiger partial charge in [0, 0.05) is 25.5 Å². The second-order valence-electron chi connectivity index (χ2n) is 6.39. The van der Waals surface area contributed by atoms with Crippen molar-refractivity contribution < 1.29 is 4.79 Å². The molecule has 1 aromatic heterocycles. The monoisotopic (exact) mass is 308 g/mol. The molecule has 1 amide bonds. The van der Waals surface area contributed by atoms with E-state index in [1.807, 2.05) is 17.0 Å². The third-order valence-electron chi connectivity index (χ3n) is 4.73. The van der Waals surface area contributed by atoms with Crippen molar-refractivity contribution >= 4 is 5.91 Å². The first kappa shape index (κ1) is 15.7. The lowest BCUT2D eigenvalue weighted by Gasteiger charge is -2.32. The number of hydrogen-bond donors (Lipinski definition) is 0. The summed E-state index contributed by atoms with van der Waals surface area (Å²) in [6.45, 7) is 1.80. The van der Waals surface area contributed by atoms with Gasteiger partial charge in [0.05, 0.1) is 6.42 Å². The summed E-state index contributed by atoms with van der Waals surface area (Å²) in [5.41, 5.74) is 2.42. The molecule has 0 radical (unpaired) electrons. The lowest BCUT2D eigenvalue weighted by Crippen LogP contribution is -2.39. The van der Waals surface area contributed by atoms with Crippen molar-refractivity contribution in [2.24, 2.45) is 5.92 Å². The van der Waals surface area contributed by atoms with E-state index < -0.39 is 0 Å². The first-order chi connectivity index (χ1) is 11.3. The number of rotatable bonds is 5. The van der Waals surface area contributed by atoms with Crippen LogP contribution in [0.5, 0.6) is 0 Å². The van der Waals surface area contributed by atoms with Gasteiger partial charge in [-0.1, -0.05) is 36.4 Å². The highest BCUT2D eigenvalue weighted by Gasteiger charge is 2.22. The third-order valence-corrected chi connectivity index (χ3v) is 4.73. The molecule has 0 atom stereocenters. The van der Waals surface area contributed by atoms with E-state index >= 15 is 0 Å². The van der Waals surface area contributed by atoms with Gasteiger partial charge < -0.3 is 4.90 Å². The van der Waals surface area contributed by atoms with Crippen molar-refractivity contribution in [3.05, 3.63) is 66.0 Å². The Morgan fingerprint density at radius 3 is 2.48 bits per heavy atom. The van der Waals surface area contributed by atoms with Crippen molar-refractivity contribution in [1.82, 2.24) is 9.88 Å². The maximum Gasteiger partial charge on any atom is 0.227 e. The van der Waals surface area contributed by atoms with Gasteiger partial charge in [-0.05, 0) is 48.8 Å². The molecule has 120 valence electrons. The minimum atomic E-state index is 0.236. The normalized spacial score (nSPS) is 15.6. The second-order valence-corrected chi connectivity index (χ2v) is 6.39. The van der Waals surface area contributed by atoms with Crippen LogP contribution in [0.2, 0.25) is 0 Å². The fourth-order valence-corrected chi connectivity index (χ4v) is 3.28. The maximum atomic E-state index is 12.4. The fraction of sp³-hybridized carbons (Fsp3) is 0.400. The Labute approximate surface area is 138 Å². The molecule has 1 aromatic carbocycles. The smallest absolute Gasteiger partial charge is 0.227 e. The van der Waals surface area contributed by atoms with Crippen LogP contribution in [-0.2, 0) is 17.6 Å². The number of pyridine rings is 1. The van der Waals surface area contributed by atoms with Crippen LogP contribution in [0.15, 0.2) is 54.9 Å². The van der Waals surface area contributed by atoms with Gasteiger partial charge in [-0.25, -0.2) is 0 Å². The highest BCUT2D eigenvalue weighted by molar-refractivity contribution is 5.78. The molecule has 0 saturated carbocycles. The molecule has 2 aromatic rings. The average molecular weight is 308 g/mol. The molecule has 1 fully saturated rings. The Bertz CT molecular complexity index is 604. The van der Waals surface area contributed by atoms with Crippen LogP contribution < -0.4 is 0 Å². The molecule has 3 nitrogen and oxygen atoms in total. The number of likely N-dealkylation sites (tertiary alicyclic amines) is 1. The molecule has 0 bridgehead atoms. The zero-order valence-corrected chi connectivity index (χ0v) is 13.5. The van der Waals surface area contributed by atoms with Gasteiger partial charge in [-0.15, -0.1) is 0 Å². The average Bonchev–Trinajstić information content (AvgIpc) is 2.62. The maximum absolute atomic E-state index is 12.4. The summed E-state index contributed by atoms with van der Waals surface area (Å²) in [4.78, 5) is 18.4. The molecule has 0 N–H and O–H groups in total. The van der Waals surface area contributed by atoms with Crippen LogP contribution in [0.3, 0.4) is 0 Å². The summed E-state index contributed by atoms with van der Waals surface area (Å²) in [6, 6.07) is 14.5. The molecule has 23 heavy (non-hydrogen) atoms. The zero-order chi connectivity index (χ0) is 15.9. The van der Waals surface area contributed by atoms with E-state index in [9.17, 15) is 4.79 Å². The van der Waals surface area contributed by atoms with Crippen molar-refractivity contribution in [2.75, 3.05) is 13.1 Å². The minimum Gasteiger partial charge on any atom is -0.342 e. The van der Waals surface area contributed by atoms with Crippen LogP contribution in [0.25, 0.3) is 0 Å². The molecule has 1 saturated heterocycles. The Morgan fingerprint density at radius 2 is 1.78 bits per heavy atom. The predicted octanol–water partition coefficient (Wildman–Crippen LogP) is 3.50. The molecule has 3 rings (SSSR count). The first-order valence-corrected chi connectivity index (χ1v) is 8.52. The zero-order valence-electron chi connectivity index (χ0n) is 13.5. The quantitative estimate of drug-likeness (QED) is 0.847. The lowest BCUT2D eigenvalue weighted by molar-refractivity contribution is -0.131. The minimum absolute atomic E-state index is 0.236. The summed E-state index contributed by atoms with van der Waals surface area (Å²) in [5, 5.41) is 0. The van der Waals surface area contributed by atoms with E-state index in [0.717, 1.165) is 43.8 Å². The van der Waals surface area contributed by atoms with E-state index in [0.29, 0.717) is 6.42 Å². The standard InChI is InChI=1S/C20H24N2O/c23-20(15-19-7-4-12-21-16-19)22-13-10-18(11-14-22)9-8-17-5-2-1-3-6-17/h1-7,12,16,18H,8-11,13-15H2. The molecule has 3 heteroatoms. The summed E-state index contributed by atoms with van der Waals surface area (Å²) < 4.78 is 0. The largest absolute Gasteiger partial charge is 0.342 e. The lowest BCUT2D eigenvalue weighted by atomic mass is 9.90. The predicted molar refractivity (Wildman–Crippen MR) is 92.0 cm³/mol. The molecule has 0 unspecified atom stereocenters. The van der Waals surface area contributed by atoms with E-state index in [-0.39, 0.29) is 5.91 Å². The molecular weight excluding hydrogens is 284 g/mol. The van der Waals surface area contributed by atoms with Crippen LogP contribution in [0, 0.1) is 5.92 Å². The molecule has 0 spiro atoms. The van der Waals surface area contributed by atoms with Crippen LogP contribution in [0.1, 0.15) is 30.4 Å². The van der Waals surface area contributed by atoms with Gasteiger partial charge in [-0.2, -0.15) is 0 Å². The van der Waals surface area contributed by atoms with E-state index in [1.54, 1.807) is 12.4 Å². The van der Waals surface area contributed by atoms with Crippen molar-refractivity contribution in [3.8, 4) is 0 Å². The Kier molecular flexibility index (Phi) is 5.41. The highest BCUT2D eigenvalue weighted by atomic mass is 16.2. The fourth-order valence-electron chi connectivity index (χ4n) is 3.28. The number of benzene rings is 1. The van der Waals surface area contributed by atoms with Crippen molar-refractivity contribution in [2.45, 2.75) is 32.1 Å². The van der Waals surface area contributed by atoms with Crippen LogP contribution in [0.4, 0.5) is 0 Å². The number of aryl methyl sites for hydroxylation is 1. The number of carbonyl (C=O) groups excluding carboxylic acids is 1. The topological polar surface area (TPSA) is 33.2 Å². The van der Waals surface area contributed by atoms with Gasteiger partial charge in [-0.3, -0.25) is 9.78 Å². The molecular formula is C20H24N2O. The number of amides is 1. The first-order valence-electron chi connectivity index (χ1n) is 8.52. The van der Waals surface area contributed by atoms with Gasteiger partial charge in [0.15, 0.2) is 0 Å². The van der Waals surface area contributed by atoms with E-state index in [1.165, 1.54) is 12.0 Å². The molecule has 1 aliphatic heterocycles. The van der Waals surface area contributed by atoms with Gasteiger partial charge in [0.2, 0.25) is 5.91 Å². The second kappa shape index (κ2) is 7.91. The Hall–Kier alpha value is -2.16. The third kappa shape index (κ3) is 4.65. The van der Waals surface area contributed by atoms with Gasteiger partial charge in [0.1, 0.15) is 0 Å². The number of nitrogens with zero attached hydrogens (tertiary/aromatic N) is 2. The SMILES string of the molecule is O=C(Cc1cccnc1)N1CCC(CCc2ccccc2)CC1. The summed E-state index contributed by atoms with van der Waals surface area (Å²) in [6.07, 6.45) is 8.64. The number of aromatic nitrogens is 1. The van der Waals surface area contributed by atoms with Crippen molar-refractivity contribution in [1.29, 1.82) is 0 Å². The summed E-state index contributed by atoms with van der Waals surface area (Å²) in [5.74, 6) is 0.983. The van der Waals surface area contributed by atoms with Crippen LogP contribution >= 0.6 is 0 Å². The number of hydrogen-bond acceptors (Lipinski definition) is 2. The summed E-state index contributed by atoms with van der Waals surface area (Å²) >= 11 is 0. The van der Waals surface area contributed by atoms with E-state index in [2.05, 4.69) is 35.3 Å². The molecule has 0 aliphatic carbocycles. The van der Waals surface area contributed by atoms with Crippen molar-refractivity contribution in [3.63, 3.8) is 0 Å². The Balaban J connectivity index is 1.42. The molecule has 1 aliphatic rings. The summed E-state index contributed by atoms with van der Waals surface area (Å²) in [7, 11) is 0. The van der Waals surface area contributed by atoms with Gasteiger partial charge in [0.25, 0.3) is 0 Å². The number of piperidine rings is 1. The van der Waals surface area contributed by atoms with Crippen LogP contribution in [-0.4, -0.2) is 28.9 Å². The molecule has 2 heterocycles. The van der Waals surface area contributed by atoms with E-state index in [4.69, 9.17) is 0 Å². The highest BCUT2D eigenvalue weighted by Crippen LogP contribution is 2.23. The van der Waals surface area contributed by atoms with Gasteiger partial charge >= 0.3 is 0 Å².